The van der Waals surface area contributed by atoms with Crippen LogP contribution in [0, 0.1) is 0 Å². The first kappa shape index (κ1) is 19.3. The second kappa shape index (κ2) is 7.07. The van der Waals surface area contributed by atoms with E-state index in [1.807, 2.05) is 18.2 Å². The molecule has 0 fully saturated rings. The first-order valence-corrected chi connectivity index (χ1v) is 11.5. The van der Waals surface area contributed by atoms with Gasteiger partial charge in [-0.3, -0.25) is 0 Å². The van der Waals surface area contributed by atoms with Crippen LogP contribution in [0.3, 0.4) is 0 Å². The van der Waals surface area contributed by atoms with Crippen LogP contribution < -0.4 is 14.6 Å². The predicted molar refractivity (Wildman–Crippen MR) is 111 cm³/mol. The van der Waals surface area contributed by atoms with Crippen molar-refractivity contribution >= 4 is 37.3 Å². The van der Waals surface area contributed by atoms with Crippen molar-refractivity contribution in [3.8, 4) is 28.4 Å². The van der Waals surface area contributed by atoms with E-state index in [2.05, 4.69) is 15.9 Å². The van der Waals surface area contributed by atoms with E-state index in [-0.39, 0.29) is 11.5 Å². The highest BCUT2D eigenvalue weighted by atomic mass is 79.9. The molecule has 3 N–H and O–H groups in total. The lowest BCUT2D eigenvalue weighted by atomic mass is 9.90. The Hall–Kier alpha value is -2.07. The number of phenolic OH excluding ortho intramolecular Hbond substituents is 1. The Balaban J connectivity index is 1.95. The SMILES string of the molecule is COc1c(O)ccc2c1-c1ccc(CS(N)(=O)=O)cc1C(c1ccc(Br)s1)O2. The van der Waals surface area contributed by atoms with Crippen molar-refractivity contribution in [2.75, 3.05) is 7.11 Å². The first-order valence-electron chi connectivity index (χ1n) is 8.22. The Bertz CT molecular complexity index is 1170. The van der Waals surface area contributed by atoms with Crippen molar-refractivity contribution in [1.82, 2.24) is 0 Å². The summed E-state index contributed by atoms with van der Waals surface area (Å²) < 4.78 is 35.7. The Morgan fingerprint density at radius 3 is 2.68 bits per heavy atom. The summed E-state index contributed by atoms with van der Waals surface area (Å²) in [5.74, 6) is 0.617. The zero-order chi connectivity index (χ0) is 20.1. The van der Waals surface area contributed by atoms with E-state index in [1.165, 1.54) is 24.5 Å². The van der Waals surface area contributed by atoms with Gasteiger partial charge in [0.15, 0.2) is 17.6 Å². The number of fused-ring (bicyclic) bond motifs is 3. The average molecular weight is 482 g/mol. The molecule has 0 amide bonds. The van der Waals surface area contributed by atoms with Crippen molar-refractivity contribution in [3.05, 3.63) is 62.3 Å². The molecule has 0 radical (unpaired) electrons. The zero-order valence-electron chi connectivity index (χ0n) is 14.7. The van der Waals surface area contributed by atoms with E-state index in [0.29, 0.717) is 22.6 Å². The maximum absolute atomic E-state index is 11.6. The first-order chi connectivity index (χ1) is 13.3. The molecule has 146 valence electrons. The van der Waals surface area contributed by atoms with E-state index in [1.54, 1.807) is 18.2 Å². The van der Waals surface area contributed by atoms with Crippen molar-refractivity contribution in [2.24, 2.45) is 5.14 Å². The number of methoxy groups -OCH3 is 1. The summed E-state index contributed by atoms with van der Waals surface area (Å²) in [6.07, 6.45) is -0.423. The predicted octanol–water partition coefficient (Wildman–Crippen LogP) is 4.16. The maximum atomic E-state index is 11.6. The molecule has 6 nitrogen and oxygen atoms in total. The summed E-state index contributed by atoms with van der Waals surface area (Å²) in [5, 5.41) is 15.4. The van der Waals surface area contributed by atoms with Crippen LogP contribution >= 0.6 is 27.3 Å². The number of hydrogen-bond donors (Lipinski definition) is 2. The van der Waals surface area contributed by atoms with E-state index >= 15 is 0 Å². The Morgan fingerprint density at radius 1 is 1.25 bits per heavy atom. The second-order valence-corrected chi connectivity index (χ2v) is 10.5. The Kier molecular flexibility index (Phi) is 4.86. The Morgan fingerprint density at radius 2 is 2.04 bits per heavy atom. The summed E-state index contributed by atoms with van der Waals surface area (Å²) in [7, 11) is -2.19. The van der Waals surface area contributed by atoms with Crippen LogP contribution in [0.4, 0.5) is 0 Å². The molecule has 4 rings (SSSR count). The average Bonchev–Trinajstić information content (AvgIpc) is 3.05. The van der Waals surface area contributed by atoms with Crippen LogP contribution in [-0.4, -0.2) is 20.6 Å². The normalized spacial score (nSPS) is 15.5. The zero-order valence-corrected chi connectivity index (χ0v) is 17.9. The molecule has 1 aliphatic rings. The molecular weight excluding hydrogens is 466 g/mol. The van der Waals surface area contributed by atoms with E-state index in [9.17, 15) is 13.5 Å². The van der Waals surface area contributed by atoms with Gasteiger partial charge in [-0.25, -0.2) is 13.6 Å². The highest BCUT2D eigenvalue weighted by Gasteiger charge is 2.32. The fourth-order valence-electron chi connectivity index (χ4n) is 3.36. The number of thiophene rings is 1. The van der Waals surface area contributed by atoms with Crippen LogP contribution in [0.1, 0.15) is 22.1 Å². The largest absolute Gasteiger partial charge is 0.504 e. The summed E-state index contributed by atoms with van der Waals surface area (Å²) in [6.45, 7) is 0. The van der Waals surface area contributed by atoms with Crippen LogP contribution in [0.5, 0.6) is 17.2 Å². The van der Waals surface area contributed by atoms with E-state index in [4.69, 9.17) is 14.6 Å². The second-order valence-electron chi connectivity index (χ2n) is 6.36. The smallest absolute Gasteiger partial charge is 0.213 e. The topological polar surface area (TPSA) is 98.9 Å². The lowest BCUT2D eigenvalue weighted by Gasteiger charge is -2.30. The summed E-state index contributed by atoms with van der Waals surface area (Å²) >= 11 is 5.00. The molecule has 28 heavy (non-hydrogen) atoms. The number of nitrogens with two attached hydrogens (primary N) is 1. The fourth-order valence-corrected chi connectivity index (χ4v) is 5.48. The van der Waals surface area contributed by atoms with Gasteiger partial charge in [-0.05, 0) is 51.3 Å². The number of ether oxygens (including phenoxy) is 2. The number of hydrogen-bond acceptors (Lipinski definition) is 6. The molecule has 0 aliphatic carbocycles. The molecule has 0 saturated carbocycles. The number of aromatic hydroxyl groups is 1. The number of sulfonamides is 1. The van der Waals surface area contributed by atoms with Gasteiger partial charge < -0.3 is 14.6 Å². The summed E-state index contributed by atoms with van der Waals surface area (Å²) in [5.41, 5.74) is 2.79. The number of primary sulfonamides is 1. The molecule has 1 atom stereocenters. The van der Waals surface area contributed by atoms with Crippen molar-refractivity contribution < 1.29 is 23.0 Å². The lowest BCUT2D eigenvalue weighted by molar-refractivity contribution is 0.245. The van der Waals surface area contributed by atoms with Gasteiger partial charge in [0.1, 0.15) is 5.75 Å². The standard InChI is InChI=1S/C19H16BrNO5S2/c1-25-19-13(22)4-5-14-17(19)11-3-2-10(9-28(21,23)24)8-12(11)18(26-14)15-6-7-16(20)27-15/h2-8,18,22H,9H2,1H3,(H2,21,23,24). The fraction of sp³-hybridized carbons (Fsp3) is 0.158. The summed E-state index contributed by atoms with van der Waals surface area (Å²) in [4.78, 5) is 0.957. The molecule has 0 spiro atoms. The van der Waals surface area contributed by atoms with Gasteiger partial charge in [-0.2, -0.15) is 0 Å². The van der Waals surface area contributed by atoms with E-state index in [0.717, 1.165) is 19.8 Å². The van der Waals surface area contributed by atoms with Gasteiger partial charge in [0.2, 0.25) is 10.0 Å². The van der Waals surface area contributed by atoms with Crippen LogP contribution in [0.2, 0.25) is 0 Å². The lowest BCUT2D eigenvalue weighted by Crippen LogP contribution is -2.17. The molecular formula is C19H16BrNO5S2. The monoisotopic (exact) mass is 481 g/mol. The van der Waals surface area contributed by atoms with Crippen molar-refractivity contribution in [1.29, 1.82) is 0 Å². The minimum atomic E-state index is -3.67. The highest BCUT2D eigenvalue weighted by molar-refractivity contribution is 9.11. The molecule has 2 aromatic carbocycles. The number of phenols is 1. The van der Waals surface area contributed by atoms with Crippen LogP contribution in [0.25, 0.3) is 11.1 Å². The Labute approximate surface area is 174 Å². The van der Waals surface area contributed by atoms with Crippen molar-refractivity contribution in [2.45, 2.75) is 11.9 Å². The third-order valence-electron chi connectivity index (χ3n) is 4.44. The van der Waals surface area contributed by atoms with Gasteiger partial charge in [0.05, 0.1) is 27.1 Å². The molecule has 0 bridgehead atoms. The minimum Gasteiger partial charge on any atom is -0.504 e. The van der Waals surface area contributed by atoms with Gasteiger partial charge >= 0.3 is 0 Å². The van der Waals surface area contributed by atoms with E-state index < -0.39 is 16.1 Å². The molecule has 9 heteroatoms. The third kappa shape index (κ3) is 3.50. The maximum Gasteiger partial charge on any atom is 0.213 e. The van der Waals surface area contributed by atoms with Crippen LogP contribution in [-0.2, 0) is 15.8 Å². The molecule has 0 saturated heterocycles. The van der Waals surface area contributed by atoms with Crippen molar-refractivity contribution in [3.63, 3.8) is 0 Å². The quantitative estimate of drug-likeness (QED) is 0.582. The molecule has 1 unspecified atom stereocenters. The highest BCUT2D eigenvalue weighted by Crippen LogP contribution is 2.52. The van der Waals surface area contributed by atoms with Gasteiger partial charge in [0.25, 0.3) is 0 Å². The third-order valence-corrected chi connectivity index (χ3v) is 6.84. The number of halogens is 1. The van der Waals surface area contributed by atoms with Gasteiger partial charge in [0, 0.05) is 5.56 Å². The molecule has 3 aromatic rings. The molecule has 1 aromatic heterocycles. The summed E-state index contributed by atoms with van der Waals surface area (Å²) in [6, 6.07) is 12.4. The van der Waals surface area contributed by atoms with Gasteiger partial charge in [-0.15, -0.1) is 11.3 Å². The molecule has 2 heterocycles. The van der Waals surface area contributed by atoms with Gasteiger partial charge in [-0.1, -0.05) is 18.2 Å². The number of benzene rings is 2. The van der Waals surface area contributed by atoms with Crippen LogP contribution in [0.15, 0.2) is 46.3 Å². The molecule has 1 aliphatic heterocycles. The number of rotatable bonds is 4. The minimum absolute atomic E-state index is 0.00160.